The van der Waals surface area contributed by atoms with Crippen molar-refractivity contribution in [3.63, 3.8) is 0 Å². The van der Waals surface area contributed by atoms with Gasteiger partial charge in [-0.1, -0.05) is 34.1 Å². The Morgan fingerprint density at radius 2 is 1.75 bits per heavy atom. The van der Waals surface area contributed by atoms with Crippen LogP contribution in [0.4, 0.5) is 11.6 Å². The van der Waals surface area contributed by atoms with E-state index in [0.29, 0.717) is 5.41 Å². The second-order valence-electron chi connectivity index (χ2n) is 7.26. The van der Waals surface area contributed by atoms with Gasteiger partial charge in [-0.3, -0.25) is 0 Å². The third-order valence-electron chi connectivity index (χ3n) is 4.01. The molecule has 0 saturated heterocycles. The van der Waals surface area contributed by atoms with Gasteiger partial charge >= 0.3 is 0 Å². The van der Waals surface area contributed by atoms with E-state index in [9.17, 15) is 0 Å². The quantitative estimate of drug-likeness (QED) is 0.858. The molecule has 20 heavy (non-hydrogen) atoms. The molecule has 0 aliphatic heterocycles. The van der Waals surface area contributed by atoms with Crippen molar-refractivity contribution in [2.45, 2.75) is 59.3 Å². The van der Waals surface area contributed by atoms with Gasteiger partial charge in [0.05, 0.1) is 0 Å². The molecule has 0 radical (unpaired) electrons. The molecule has 0 atom stereocenters. The van der Waals surface area contributed by atoms with E-state index in [4.69, 9.17) is 0 Å². The van der Waals surface area contributed by atoms with Crippen LogP contribution in [0.1, 0.15) is 59.7 Å². The summed E-state index contributed by atoms with van der Waals surface area (Å²) >= 11 is 0. The predicted octanol–water partition coefficient (Wildman–Crippen LogP) is 3.81. The molecule has 0 unspecified atom stereocenters. The zero-order chi connectivity index (χ0) is 14.8. The molecule has 2 rings (SSSR count). The van der Waals surface area contributed by atoms with Crippen LogP contribution in [0.2, 0.25) is 0 Å². The monoisotopic (exact) mass is 276 g/mol. The van der Waals surface area contributed by atoms with E-state index >= 15 is 0 Å². The fourth-order valence-electron chi connectivity index (χ4n) is 2.41. The summed E-state index contributed by atoms with van der Waals surface area (Å²) in [6, 6.07) is 2.01. The molecule has 2 N–H and O–H groups in total. The van der Waals surface area contributed by atoms with Crippen molar-refractivity contribution in [2.24, 2.45) is 5.41 Å². The molecule has 1 aliphatic carbocycles. The molecule has 0 amide bonds. The fourth-order valence-corrected chi connectivity index (χ4v) is 2.41. The van der Waals surface area contributed by atoms with Crippen LogP contribution in [0.25, 0.3) is 0 Å². The van der Waals surface area contributed by atoms with E-state index in [1.807, 2.05) is 6.07 Å². The van der Waals surface area contributed by atoms with Crippen molar-refractivity contribution >= 4 is 11.6 Å². The first kappa shape index (κ1) is 15.1. The zero-order valence-electron chi connectivity index (χ0n) is 13.5. The fraction of sp³-hybridized carbons (Fsp3) is 0.750. The summed E-state index contributed by atoms with van der Waals surface area (Å²) in [4.78, 5) is 9.30. The van der Waals surface area contributed by atoms with E-state index in [0.717, 1.165) is 30.5 Å². The Kier molecular flexibility index (Phi) is 4.21. The van der Waals surface area contributed by atoms with Crippen LogP contribution in [0.15, 0.2) is 6.07 Å². The van der Waals surface area contributed by atoms with Crippen LogP contribution >= 0.6 is 0 Å². The first-order valence-corrected chi connectivity index (χ1v) is 7.70. The number of hydrogen-bond acceptors (Lipinski definition) is 4. The normalized spacial score (nSPS) is 17.4. The topological polar surface area (TPSA) is 49.8 Å². The minimum atomic E-state index is -0.0395. The van der Waals surface area contributed by atoms with Gasteiger partial charge in [0.1, 0.15) is 17.5 Å². The first-order chi connectivity index (χ1) is 9.32. The lowest BCUT2D eigenvalue weighted by molar-refractivity contribution is 0.180. The molecule has 1 heterocycles. The van der Waals surface area contributed by atoms with Crippen molar-refractivity contribution in [3.8, 4) is 0 Å². The van der Waals surface area contributed by atoms with Gasteiger partial charge in [-0.05, 0) is 25.2 Å². The summed E-state index contributed by atoms with van der Waals surface area (Å²) in [5.41, 5.74) is 0.410. The van der Waals surface area contributed by atoms with Crippen molar-refractivity contribution < 1.29 is 0 Å². The summed E-state index contributed by atoms with van der Waals surface area (Å²) in [5.74, 6) is 2.74. The van der Waals surface area contributed by atoms with Crippen LogP contribution in [0.5, 0.6) is 0 Å². The molecule has 0 aromatic carbocycles. The van der Waals surface area contributed by atoms with Gasteiger partial charge in [0, 0.05) is 24.6 Å². The third kappa shape index (κ3) is 3.62. The lowest BCUT2D eigenvalue weighted by Crippen LogP contribution is -2.33. The van der Waals surface area contributed by atoms with Crippen LogP contribution in [-0.2, 0) is 5.41 Å². The average molecular weight is 276 g/mol. The zero-order valence-corrected chi connectivity index (χ0v) is 13.5. The Balaban J connectivity index is 2.15. The molecule has 4 nitrogen and oxygen atoms in total. The van der Waals surface area contributed by atoms with E-state index in [1.165, 1.54) is 19.3 Å². The molecular formula is C16H28N4. The molecule has 1 saturated carbocycles. The lowest BCUT2D eigenvalue weighted by atomic mass is 9.70. The second-order valence-corrected chi connectivity index (χ2v) is 7.26. The minimum Gasteiger partial charge on any atom is -0.370 e. The molecule has 4 heteroatoms. The maximum Gasteiger partial charge on any atom is 0.138 e. The summed E-state index contributed by atoms with van der Waals surface area (Å²) in [6.07, 6.45) is 3.99. The lowest BCUT2D eigenvalue weighted by Gasteiger charge is -2.38. The largest absolute Gasteiger partial charge is 0.370 e. The summed E-state index contributed by atoms with van der Waals surface area (Å²) in [7, 11) is 0. The van der Waals surface area contributed by atoms with Gasteiger partial charge in [0.25, 0.3) is 0 Å². The average Bonchev–Trinajstić information content (AvgIpc) is 2.33. The van der Waals surface area contributed by atoms with Gasteiger partial charge in [0.15, 0.2) is 0 Å². The van der Waals surface area contributed by atoms with Crippen molar-refractivity contribution in [2.75, 3.05) is 23.7 Å². The number of nitrogens with zero attached hydrogens (tertiary/aromatic N) is 2. The van der Waals surface area contributed by atoms with E-state index < -0.39 is 0 Å². The second kappa shape index (κ2) is 5.58. The molecule has 112 valence electrons. The first-order valence-electron chi connectivity index (χ1n) is 7.70. The Morgan fingerprint density at radius 1 is 1.15 bits per heavy atom. The highest BCUT2D eigenvalue weighted by molar-refractivity contribution is 5.48. The van der Waals surface area contributed by atoms with Crippen molar-refractivity contribution in [1.29, 1.82) is 0 Å². The number of rotatable bonds is 5. The molecule has 1 aromatic heterocycles. The Morgan fingerprint density at radius 3 is 2.20 bits per heavy atom. The Hall–Kier alpha value is -1.32. The number of aromatic nitrogens is 2. The van der Waals surface area contributed by atoms with Gasteiger partial charge in [-0.15, -0.1) is 0 Å². The molecule has 1 aliphatic rings. The summed E-state index contributed by atoms with van der Waals surface area (Å²) in [5, 5.41) is 6.80. The molecule has 0 bridgehead atoms. The maximum absolute atomic E-state index is 4.69. The van der Waals surface area contributed by atoms with Crippen molar-refractivity contribution in [1.82, 2.24) is 9.97 Å². The molecule has 1 fully saturated rings. The number of hydrogen-bond donors (Lipinski definition) is 2. The minimum absolute atomic E-state index is 0.0395. The SMILES string of the molecule is CCNc1cc(NCC2(C)CCC2)nc(C(C)(C)C)n1. The van der Waals surface area contributed by atoms with Crippen LogP contribution in [0, 0.1) is 5.41 Å². The standard InChI is InChI=1S/C16H28N4/c1-6-17-12-10-13(18-11-16(5)8-7-9-16)20-14(19-12)15(2,3)4/h10H,6-9,11H2,1-5H3,(H2,17,18,19,20). The maximum atomic E-state index is 4.69. The number of nitrogens with one attached hydrogen (secondary N) is 2. The van der Waals surface area contributed by atoms with Crippen molar-refractivity contribution in [3.05, 3.63) is 11.9 Å². The third-order valence-corrected chi connectivity index (χ3v) is 4.01. The van der Waals surface area contributed by atoms with Crippen LogP contribution in [-0.4, -0.2) is 23.1 Å². The van der Waals surface area contributed by atoms with Gasteiger partial charge < -0.3 is 10.6 Å². The predicted molar refractivity (Wildman–Crippen MR) is 85.3 cm³/mol. The smallest absolute Gasteiger partial charge is 0.138 e. The highest BCUT2D eigenvalue weighted by Crippen LogP contribution is 2.40. The van der Waals surface area contributed by atoms with E-state index in [-0.39, 0.29) is 5.41 Å². The molecule has 1 aromatic rings. The molecule has 0 spiro atoms. The molecular weight excluding hydrogens is 248 g/mol. The summed E-state index contributed by atoms with van der Waals surface area (Å²) in [6.45, 7) is 12.7. The van der Waals surface area contributed by atoms with E-state index in [1.54, 1.807) is 0 Å². The Labute approximate surface area is 122 Å². The summed E-state index contributed by atoms with van der Waals surface area (Å²) < 4.78 is 0. The van der Waals surface area contributed by atoms with E-state index in [2.05, 4.69) is 55.2 Å². The van der Waals surface area contributed by atoms with Gasteiger partial charge in [0.2, 0.25) is 0 Å². The van der Waals surface area contributed by atoms with Gasteiger partial charge in [-0.2, -0.15) is 0 Å². The highest BCUT2D eigenvalue weighted by Gasteiger charge is 2.31. The highest BCUT2D eigenvalue weighted by atomic mass is 15.1. The van der Waals surface area contributed by atoms with Gasteiger partial charge in [-0.25, -0.2) is 9.97 Å². The number of anilines is 2. The van der Waals surface area contributed by atoms with Crippen LogP contribution < -0.4 is 10.6 Å². The van der Waals surface area contributed by atoms with Crippen LogP contribution in [0.3, 0.4) is 0 Å². The Bertz CT molecular complexity index is 458.